The number of methoxy groups -OCH3 is 1. The van der Waals surface area contributed by atoms with Crippen LogP contribution in [0.15, 0.2) is 48.5 Å². The van der Waals surface area contributed by atoms with E-state index in [2.05, 4.69) is 10.6 Å². The van der Waals surface area contributed by atoms with Crippen molar-refractivity contribution < 1.29 is 14.6 Å². The first-order valence-corrected chi connectivity index (χ1v) is 6.65. The van der Waals surface area contributed by atoms with Gasteiger partial charge in [-0.1, -0.05) is 30.3 Å². The highest BCUT2D eigenvalue weighted by atomic mass is 16.5. The van der Waals surface area contributed by atoms with Gasteiger partial charge in [0.1, 0.15) is 11.5 Å². The summed E-state index contributed by atoms with van der Waals surface area (Å²) in [6.07, 6.45) is 0.665. The third-order valence-corrected chi connectivity index (χ3v) is 3.02. The Balaban J connectivity index is 1.83. The fraction of sp³-hybridized carbons (Fsp3) is 0.188. The van der Waals surface area contributed by atoms with Crippen molar-refractivity contribution in [1.29, 1.82) is 0 Å². The molecule has 5 nitrogen and oxygen atoms in total. The molecule has 2 aromatic rings. The number of aromatic hydroxyl groups is 1. The molecule has 0 unspecified atom stereocenters. The van der Waals surface area contributed by atoms with Gasteiger partial charge in [-0.25, -0.2) is 4.79 Å². The molecule has 0 radical (unpaired) electrons. The minimum atomic E-state index is -0.355. The van der Waals surface area contributed by atoms with E-state index in [1.54, 1.807) is 25.3 Å². The summed E-state index contributed by atoms with van der Waals surface area (Å²) < 4.78 is 5.25. The molecule has 2 rings (SSSR count). The van der Waals surface area contributed by atoms with Crippen LogP contribution in [0.5, 0.6) is 11.5 Å². The van der Waals surface area contributed by atoms with Gasteiger partial charge in [-0.3, -0.25) is 0 Å². The summed E-state index contributed by atoms with van der Waals surface area (Å²) in [6.45, 7) is 0.472. The van der Waals surface area contributed by atoms with Crippen LogP contribution in [0.25, 0.3) is 0 Å². The predicted octanol–water partition coefficient (Wildman–Crippen LogP) is 2.77. The number of rotatable bonds is 5. The second kappa shape index (κ2) is 7.19. The maximum atomic E-state index is 11.7. The lowest BCUT2D eigenvalue weighted by Crippen LogP contribution is -2.30. The van der Waals surface area contributed by atoms with Gasteiger partial charge in [-0.2, -0.15) is 0 Å². The first kappa shape index (κ1) is 14.7. The molecule has 0 aliphatic carbocycles. The minimum absolute atomic E-state index is 0.0392. The van der Waals surface area contributed by atoms with Crippen LogP contribution in [0.1, 0.15) is 5.56 Å². The summed E-state index contributed by atoms with van der Waals surface area (Å²) >= 11 is 0. The molecule has 0 heterocycles. The Morgan fingerprint density at radius 3 is 2.62 bits per heavy atom. The van der Waals surface area contributed by atoms with Crippen molar-refractivity contribution in [2.75, 3.05) is 19.0 Å². The van der Waals surface area contributed by atoms with Crippen molar-refractivity contribution in [1.82, 2.24) is 5.32 Å². The summed E-state index contributed by atoms with van der Waals surface area (Å²) in [6, 6.07) is 13.9. The van der Waals surface area contributed by atoms with Crippen LogP contribution < -0.4 is 15.4 Å². The first-order valence-electron chi connectivity index (χ1n) is 6.65. The molecular weight excluding hydrogens is 268 g/mol. The van der Waals surface area contributed by atoms with Crippen molar-refractivity contribution >= 4 is 11.7 Å². The zero-order valence-corrected chi connectivity index (χ0v) is 11.8. The molecule has 0 atom stereocenters. The number of urea groups is 1. The number of hydrogen-bond donors (Lipinski definition) is 3. The molecule has 0 spiro atoms. The fourth-order valence-corrected chi connectivity index (χ4v) is 1.97. The fourth-order valence-electron chi connectivity index (χ4n) is 1.97. The highest BCUT2D eigenvalue weighted by Gasteiger charge is 2.06. The van der Waals surface area contributed by atoms with Gasteiger partial charge in [-0.15, -0.1) is 0 Å². The summed E-state index contributed by atoms with van der Waals surface area (Å²) in [4.78, 5) is 11.7. The summed E-state index contributed by atoms with van der Waals surface area (Å²) in [5.41, 5.74) is 1.41. The van der Waals surface area contributed by atoms with Gasteiger partial charge in [0.25, 0.3) is 0 Å². The van der Waals surface area contributed by atoms with E-state index in [-0.39, 0.29) is 11.8 Å². The second-order valence-corrected chi connectivity index (χ2v) is 4.46. The van der Waals surface area contributed by atoms with Crippen LogP contribution in [0, 0.1) is 0 Å². The number of phenols is 1. The van der Waals surface area contributed by atoms with Gasteiger partial charge in [0.05, 0.1) is 12.8 Å². The summed E-state index contributed by atoms with van der Waals surface area (Å²) in [5.74, 6) is 0.845. The molecular formula is C16H18N2O3. The van der Waals surface area contributed by atoms with E-state index in [4.69, 9.17) is 4.74 Å². The van der Waals surface area contributed by atoms with Crippen molar-refractivity contribution in [2.24, 2.45) is 0 Å². The number of anilines is 1. The molecule has 0 aromatic heterocycles. The molecule has 0 bridgehead atoms. The van der Waals surface area contributed by atoms with Gasteiger partial charge < -0.3 is 20.5 Å². The lowest BCUT2D eigenvalue weighted by Gasteiger charge is -2.10. The number of hydrogen-bond acceptors (Lipinski definition) is 3. The van der Waals surface area contributed by atoms with Gasteiger partial charge in [0.2, 0.25) is 0 Å². The molecule has 3 N–H and O–H groups in total. The molecule has 110 valence electrons. The Labute approximate surface area is 123 Å². The Morgan fingerprint density at radius 2 is 1.86 bits per heavy atom. The Hall–Kier alpha value is -2.69. The molecule has 0 aliphatic rings. The summed E-state index contributed by atoms with van der Waals surface area (Å²) in [5, 5.41) is 14.9. The van der Waals surface area contributed by atoms with Gasteiger partial charge in [0.15, 0.2) is 0 Å². The van der Waals surface area contributed by atoms with E-state index in [1.807, 2.05) is 24.3 Å². The van der Waals surface area contributed by atoms with Crippen LogP contribution in [-0.4, -0.2) is 24.8 Å². The van der Waals surface area contributed by atoms with Crippen molar-refractivity contribution in [3.63, 3.8) is 0 Å². The lowest BCUT2D eigenvalue weighted by molar-refractivity contribution is 0.252. The van der Waals surface area contributed by atoms with Crippen molar-refractivity contribution in [3.8, 4) is 11.5 Å². The van der Waals surface area contributed by atoms with Crippen LogP contribution in [0.3, 0.4) is 0 Å². The van der Waals surface area contributed by atoms with Gasteiger partial charge >= 0.3 is 6.03 Å². The topological polar surface area (TPSA) is 70.6 Å². The molecule has 2 amide bonds. The molecule has 5 heteroatoms. The predicted molar refractivity (Wildman–Crippen MR) is 81.8 cm³/mol. The van der Waals surface area contributed by atoms with E-state index in [1.165, 1.54) is 6.07 Å². The Kier molecular flexibility index (Phi) is 5.04. The van der Waals surface area contributed by atoms with Crippen LogP contribution in [0.4, 0.5) is 10.5 Å². The van der Waals surface area contributed by atoms with E-state index in [0.717, 1.165) is 11.3 Å². The standard InChI is InChI=1S/C16H18N2O3/c1-21-15-9-5-2-6-12(15)10-11-17-16(20)18-13-7-3-4-8-14(13)19/h2-9,19H,10-11H2,1H3,(H2,17,18,20). The van der Waals surface area contributed by atoms with E-state index >= 15 is 0 Å². The Morgan fingerprint density at radius 1 is 1.14 bits per heavy atom. The number of nitrogens with one attached hydrogen (secondary N) is 2. The van der Waals surface area contributed by atoms with Crippen LogP contribution in [0.2, 0.25) is 0 Å². The van der Waals surface area contributed by atoms with Crippen LogP contribution >= 0.6 is 0 Å². The van der Waals surface area contributed by atoms with Gasteiger partial charge in [0, 0.05) is 6.54 Å². The molecule has 2 aromatic carbocycles. The van der Waals surface area contributed by atoms with Gasteiger partial charge in [-0.05, 0) is 30.2 Å². The average molecular weight is 286 g/mol. The van der Waals surface area contributed by atoms with E-state index in [9.17, 15) is 9.90 Å². The molecule has 0 aliphatic heterocycles. The largest absolute Gasteiger partial charge is 0.506 e. The van der Waals surface area contributed by atoms with E-state index in [0.29, 0.717) is 18.7 Å². The second-order valence-electron chi connectivity index (χ2n) is 4.46. The number of amides is 2. The molecule has 0 saturated carbocycles. The SMILES string of the molecule is COc1ccccc1CCNC(=O)Nc1ccccc1O. The lowest BCUT2D eigenvalue weighted by atomic mass is 10.1. The normalized spacial score (nSPS) is 9.95. The average Bonchev–Trinajstić information content (AvgIpc) is 2.50. The molecule has 0 saturated heterocycles. The smallest absolute Gasteiger partial charge is 0.319 e. The van der Waals surface area contributed by atoms with Crippen LogP contribution in [-0.2, 0) is 6.42 Å². The quantitative estimate of drug-likeness (QED) is 0.740. The zero-order valence-electron chi connectivity index (χ0n) is 11.8. The molecule has 0 fully saturated rings. The highest BCUT2D eigenvalue weighted by molar-refractivity contribution is 5.90. The van der Waals surface area contributed by atoms with Crippen molar-refractivity contribution in [3.05, 3.63) is 54.1 Å². The number of phenolic OH excluding ortho intramolecular Hbond substituents is 1. The van der Waals surface area contributed by atoms with Crippen molar-refractivity contribution in [2.45, 2.75) is 6.42 Å². The Bertz CT molecular complexity index is 614. The summed E-state index contributed by atoms with van der Waals surface area (Å²) in [7, 11) is 1.62. The van der Waals surface area contributed by atoms with E-state index < -0.39 is 0 Å². The number of benzene rings is 2. The highest BCUT2D eigenvalue weighted by Crippen LogP contribution is 2.21. The maximum Gasteiger partial charge on any atom is 0.319 e. The third kappa shape index (κ3) is 4.14. The molecule has 21 heavy (non-hydrogen) atoms. The number of ether oxygens (including phenoxy) is 1. The third-order valence-electron chi connectivity index (χ3n) is 3.02. The zero-order chi connectivity index (χ0) is 15.1. The monoisotopic (exact) mass is 286 g/mol. The first-order chi connectivity index (χ1) is 10.2. The number of para-hydroxylation sites is 3. The number of carbonyl (C=O) groups is 1. The number of carbonyl (C=O) groups excluding carboxylic acids is 1. The maximum absolute atomic E-state index is 11.7. The minimum Gasteiger partial charge on any atom is -0.506 e.